The monoisotopic (exact) mass is 456 g/mol. The van der Waals surface area contributed by atoms with Crippen LogP contribution in [0, 0.1) is 11.8 Å². The molecule has 31 heavy (non-hydrogen) atoms. The summed E-state index contributed by atoms with van der Waals surface area (Å²) < 4.78 is 36.9. The number of nitrogens with zero attached hydrogens (tertiary/aromatic N) is 2. The lowest BCUT2D eigenvalue weighted by molar-refractivity contribution is -0.0444. The van der Waals surface area contributed by atoms with Gasteiger partial charge >= 0.3 is 10.4 Å². The first-order valence-electron chi connectivity index (χ1n) is 9.38. The molecule has 2 bridgehead atoms. The van der Waals surface area contributed by atoms with Gasteiger partial charge < -0.3 is 15.3 Å². The second-order valence-corrected chi connectivity index (χ2v) is 8.32. The fraction of sp³-hybridized carbons (Fsp3) is 0.476. The number of pyridine rings is 1. The summed E-state index contributed by atoms with van der Waals surface area (Å²) in [6.45, 7) is 6.07. The number of benzene rings is 1. The molecule has 174 valence electrons. The molecule has 0 aliphatic carbocycles. The van der Waals surface area contributed by atoms with E-state index in [1.54, 1.807) is 13.3 Å². The topological polar surface area (TPSA) is 152 Å². The molecule has 9 nitrogen and oxygen atoms in total. The summed E-state index contributed by atoms with van der Waals surface area (Å²) >= 11 is 0. The zero-order chi connectivity index (χ0) is 21.2. The Labute approximate surface area is 183 Å². The zero-order valence-corrected chi connectivity index (χ0v) is 17.5. The average molecular weight is 457 g/mol. The van der Waals surface area contributed by atoms with Crippen LogP contribution in [-0.4, -0.2) is 64.2 Å². The van der Waals surface area contributed by atoms with Crippen LogP contribution in [0.2, 0.25) is 0 Å². The lowest BCUT2D eigenvalue weighted by Crippen LogP contribution is -2.54. The molecule has 10 heteroatoms. The second-order valence-electron chi connectivity index (χ2n) is 7.42. The van der Waals surface area contributed by atoms with E-state index in [4.69, 9.17) is 22.3 Å². The van der Waals surface area contributed by atoms with E-state index in [9.17, 15) is 5.11 Å². The van der Waals surface area contributed by atoms with Crippen LogP contribution < -0.4 is 4.74 Å². The van der Waals surface area contributed by atoms with Gasteiger partial charge in [-0.15, -0.1) is 6.58 Å². The Kier molecular flexibility index (Phi) is 9.55. The lowest BCUT2D eigenvalue weighted by atomic mass is 9.73. The first-order valence-corrected chi connectivity index (χ1v) is 10.8. The Morgan fingerprint density at radius 2 is 2.00 bits per heavy atom. The smallest absolute Gasteiger partial charge is 0.394 e. The summed E-state index contributed by atoms with van der Waals surface area (Å²) in [5, 5.41) is 12.1. The van der Waals surface area contributed by atoms with E-state index in [1.807, 2.05) is 24.3 Å². The number of piperidine rings is 3. The molecule has 2 aromatic rings. The van der Waals surface area contributed by atoms with Gasteiger partial charge in [-0.05, 0) is 61.1 Å². The summed E-state index contributed by atoms with van der Waals surface area (Å²) in [7, 11) is -3.01. The summed E-state index contributed by atoms with van der Waals surface area (Å²) in [5.41, 5.74) is 1.85. The van der Waals surface area contributed by atoms with Crippen molar-refractivity contribution >= 4 is 21.3 Å². The molecule has 3 saturated heterocycles. The SMILES string of the molecule is C.C=C[C@H]1CN2CC[C@H]1C[C@H]2[C@H](O)c1ccnc2ccc(OC)cc12.O.O=S(=O)(O)O. The van der Waals surface area contributed by atoms with E-state index in [0.717, 1.165) is 41.7 Å². The Bertz CT molecular complexity index is 975. The largest absolute Gasteiger partial charge is 0.497 e. The van der Waals surface area contributed by atoms with E-state index >= 15 is 0 Å². The summed E-state index contributed by atoms with van der Waals surface area (Å²) in [6, 6.07) is 7.96. The van der Waals surface area contributed by atoms with Crippen LogP contribution >= 0.6 is 0 Å². The van der Waals surface area contributed by atoms with Gasteiger partial charge in [0.2, 0.25) is 0 Å². The van der Waals surface area contributed by atoms with Crippen molar-refractivity contribution < 1.29 is 32.8 Å². The third-order valence-corrected chi connectivity index (χ3v) is 5.82. The molecule has 3 aliphatic heterocycles. The molecule has 0 spiro atoms. The molecule has 3 aliphatic rings. The van der Waals surface area contributed by atoms with Gasteiger partial charge in [0.1, 0.15) is 5.75 Å². The van der Waals surface area contributed by atoms with Gasteiger partial charge in [0, 0.05) is 24.2 Å². The molecular formula is C21H32N2O7S. The molecule has 0 saturated carbocycles. The van der Waals surface area contributed by atoms with Crippen molar-refractivity contribution in [1.82, 2.24) is 9.88 Å². The molecule has 1 aromatic carbocycles. The number of ether oxygens (including phenoxy) is 1. The number of methoxy groups -OCH3 is 1. The van der Waals surface area contributed by atoms with E-state index in [2.05, 4.69) is 22.5 Å². The van der Waals surface area contributed by atoms with Crippen molar-refractivity contribution in [1.29, 1.82) is 0 Å². The maximum Gasteiger partial charge on any atom is 0.394 e. The minimum atomic E-state index is -4.67. The van der Waals surface area contributed by atoms with Crippen molar-refractivity contribution in [3.8, 4) is 5.75 Å². The summed E-state index contributed by atoms with van der Waals surface area (Å²) in [6.07, 6.45) is 5.62. The molecule has 0 amide bonds. The molecule has 1 unspecified atom stereocenters. The second kappa shape index (κ2) is 11.0. The first kappa shape index (κ1) is 27.0. The molecule has 3 fully saturated rings. The third kappa shape index (κ3) is 6.45. The van der Waals surface area contributed by atoms with E-state index < -0.39 is 16.5 Å². The van der Waals surface area contributed by atoms with Gasteiger partial charge in [0.25, 0.3) is 0 Å². The van der Waals surface area contributed by atoms with Crippen LogP contribution in [0.25, 0.3) is 10.9 Å². The molecule has 5 rings (SSSR count). The van der Waals surface area contributed by atoms with E-state index in [0.29, 0.717) is 11.8 Å². The van der Waals surface area contributed by atoms with Gasteiger partial charge in [0.05, 0.1) is 18.7 Å². The number of aliphatic hydroxyl groups excluding tert-OH is 1. The molecule has 4 heterocycles. The number of hydrogen-bond donors (Lipinski definition) is 3. The Morgan fingerprint density at radius 1 is 1.32 bits per heavy atom. The van der Waals surface area contributed by atoms with Crippen LogP contribution in [0.1, 0.15) is 31.9 Å². The van der Waals surface area contributed by atoms with Crippen LogP contribution in [0.4, 0.5) is 0 Å². The zero-order valence-electron chi connectivity index (χ0n) is 16.7. The quantitative estimate of drug-likeness (QED) is 0.468. The number of fused-ring (bicyclic) bond motifs is 4. The minimum Gasteiger partial charge on any atom is -0.497 e. The number of hydrogen-bond acceptors (Lipinski definition) is 6. The van der Waals surface area contributed by atoms with Crippen LogP contribution in [0.15, 0.2) is 43.1 Å². The maximum absolute atomic E-state index is 11.2. The molecular weight excluding hydrogens is 424 g/mol. The normalized spacial score (nSPS) is 25.3. The van der Waals surface area contributed by atoms with Gasteiger partial charge in [-0.2, -0.15) is 8.42 Å². The number of aromatic nitrogens is 1. The predicted molar refractivity (Wildman–Crippen MR) is 120 cm³/mol. The van der Waals surface area contributed by atoms with Gasteiger partial charge in [-0.1, -0.05) is 13.5 Å². The molecule has 1 aromatic heterocycles. The Hall–Kier alpha value is -2.08. The fourth-order valence-corrected chi connectivity index (χ4v) is 4.44. The van der Waals surface area contributed by atoms with Crippen molar-refractivity contribution in [3.63, 3.8) is 0 Å². The third-order valence-electron chi connectivity index (χ3n) is 5.82. The highest BCUT2D eigenvalue weighted by molar-refractivity contribution is 7.79. The van der Waals surface area contributed by atoms with E-state index in [-0.39, 0.29) is 18.9 Å². The molecule has 5 atom stereocenters. The highest BCUT2D eigenvalue weighted by Crippen LogP contribution is 2.42. The molecule has 5 N–H and O–H groups in total. The molecule has 0 radical (unpaired) electrons. The maximum atomic E-state index is 11.2. The van der Waals surface area contributed by atoms with Crippen molar-refractivity contribution in [3.05, 3.63) is 48.7 Å². The van der Waals surface area contributed by atoms with Crippen LogP contribution in [0.3, 0.4) is 0 Å². The lowest BCUT2D eigenvalue weighted by Gasteiger charge is -2.50. The highest BCUT2D eigenvalue weighted by atomic mass is 32.3. The average Bonchev–Trinajstić information content (AvgIpc) is 2.71. The standard InChI is InChI=1S/C20H24N2O2.CH4.H2O4S.H2O/c1-3-13-12-22-9-7-14(13)10-19(22)20(23)16-6-8-21-18-5-4-15(24-2)11-17(16)18;;1-5(2,3)4;/h3-6,8,11,13-14,19-20,23H,1,7,9-10,12H2,2H3;1H4;(H2,1,2,3,4);1H2/t13-,14-,19-,20+;;;/m0.../s1. The number of aliphatic hydroxyl groups is 1. The van der Waals surface area contributed by atoms with Crippen molar-refractivity contribution in [2.75, 3.05) is 20.2 Å². The summed E-state index contributed by atoms with van der Waals surface area (Å²) in [4.78, 5) is 6.86. The Balaban J connectivity index is 0.000000622. The van der Waals surface area contributed by atoms with Gasteiger partial charge in [-0.3, -0.25) is 19.0 Å². The van der Waals surface area contributed by atoms with E-state index in [1.165, 1.54) is 6.42 Å². The highest BCUT2D eigenvalue weighted by Gasteiger charge is 2.42. The van der Waals surface area contributed by atoms with Crippen LogP contribution in [0.5, 0.6) is 5.75 Å². The summed E-state index contributed by atoms with van der Waals surface area (Å²) in [5.74, 6) is 2.01. The fourth-order valence-electron chi connectivity index (χ4n) is 4.44. The van der Waals surface area contributed by atoms with Crippen LogP contribution in [-0.2, 0) is 10.4 Å². The van der Waals surface area contributed by atoms with Gasteiger partial charge in [0.15, 0.2) is 0 Å². The number of rotatable bonds is 4. The predicted octanol–water partition coefficient (Wildman–Crippen LogP) is 2.33. The first-order chi connectivity index (χ1) is 13.7. The van der Waals surface area contributed by atoms with Crippen molar-refractivity contribution in [2.45, 2.75) is 32.4 Å². The Morgan fingerprint density at radius 3 is 2.55 bits per heavy atom. The van der Waals surface area contributed by atoms with Crippen molar-refractivity contribution in [2.24, 2.45) is 11.8 Å². The van der Waals surface area contributed by atoms with Gasteiger partial charge in [-0.25, -0.2) is 0 Å². The minimum absolute atomic E-state index is 0.